The Bertz CT molecular complexity index is 4110. The zero-order valence-electron chi connectivity index (χ0n) is 37.2. The molecule has 69 heavy (non-hydrogen) atoms. The van der Waals surface area contributed by atoms with E-state index in [1.807, 2.05) is 12.1 Å². The van der Waals surface area contributed by atoms with Crippen LogP contribution in [0.15, 0.2) is 251 Å². The van der Waals surface area contributed by atoms with Crippen LogP contribution in [0, 0.1) is 0 Å². The van der Waals surface area contributed by atoms with Crippen molar-refractivity contribution in [3.8, 4) is 44.9 Å². The Balaban J connectivity index is 0.916. The molecule has 1 aliphatic heterocycles. The molecule has 0 radical (unpaired) electrons. The molecule has 0 fully saturated rings. The second-order valence-corrected chi connectivity index (χ2v) is 17.5. The van der Waals surface area contributed by atoms with E-state index in [4.69, 9.17) is 13.6 Å². The Hall–Kier alpha value is -9.32. The molecule has 0 bridgehead atoms. The number of furan rings is 2. The summed E-state index contributed by atoms with van der Waals surface area (Å²) in [6, 6.07) is 85.1. The van der Waals surface area contributed by atoms with Crippen LogP contribution in [0.3, 0.4) is 0 Å². The molecular weight excluding hydrogens is 845 g/mol. The van der Waals surface area contributed by atoms with E-state index in [0.717, 1.165) is 134 Å². The minimum Gasteiger partial charge on any atom is -0.456 e. The average molecular weight is 885 g/mol. The number of anilines is 6. The third-order valence-corrected chi connectivity index (χ3v) is 13.6. The van der Waals surface area contributed by atoms with Crippen LogP contribution in [0.1, 0.15) is 0 Å². The van der Waals surface area contributed by atoms with Crippen LogP contribution in [0.2, 0.25) is 0 Å². The summed E-state index contributed by atoms with van der Waals surface area (Å²) in [6.07, 6.45) is 0. The molecule has 2 aromatic heterocycles. The highest BCUT2D eigenvalue weighted by atomic mass is 16.5. The maximum atomic E-state index is 7.04. The van der Waals surface area contributed by atoms with Gasteiger partial charge in [0.2, 0.25) is 0 Å². The summed E-state index contributed by atoms with van der Waals surface area (Å²) in [5.41, 5.74) is 15.8. The molecule has 3 heterocycles. The standard InChI is InChI=1S/C64H40N2O3/c1-5-18-41(19-6-1)46-26-13-28-50-52-30-15-33-56(63(52)68-61(46)50)65(43-22-9-3-10-23-43)45-36-37-48-49-38-39-55(54-32-17-35-58(60(49)54)67-59(48)40-45)66(44-24-11-4-12-25-44)57-34-16-31-53-51-29-14-27-47(62(51)69-64(53)57)42-20-7-2-8-21-42/h1-40H. The molecule has 324 valence electrons. The smallest absolute Gasteiger partial charge is 0.159 e. The molecule has 13 aromatic rings. The van der Waals surface area contributed by atoms with Crippen molar-refractivity contribution in [1.82, 2.24) is 0 Å². The quantitative estimate of drug-likeness (QED) is 0.152. The first-order valence-electron chi connectivity index (χ1n) is 23.3. The molecule has 11 aromatic carbocycles. The summed E-state index contributed by atoms with van der Waals surface area (Å²) in [5, 5.41) is 6.41. The molecule has 0 N–H and O–H groups in total. The number of hydrogen-bond donors (Lipinski definition) is 0. The summed E-state index contributed by atoms with van der Waals surface area (Å²) in [7, 11) is 0. The van der Waals surface area contributed by atoms with Gasteiger partial charge in [0.15, 0.2) is 11.2 Å². The van der Waals surface area contributed by atoms with E-state index in [9.17, 15) is 0 Å². The van der Waals surface area contributed by atoms with Crippen molar-refractivity contribution in [1.29, 1.82) is 0 Å². The molecule has 0 spiro atoms. The highest BCUT2D eigenvalue weighted by molar-refractivity contribution is 6.17. The first-order chi connectivity index (χ1) is 34.2. The molecule has 0 saturated carbocycles. The van der Waals surface area contributed by atoms with E-state index in [1.165, 1.54) is 0 Å². The minimum atomic E-state index is 0.783. The lowest BCUT2D eigenvalue weighted by molar-refractivity contribution is 0.487. The van der Waals surface area contributed by atoms with Gasteiger partial charge in [0, 0.05) is 66.4 Å². The Morgan fingerprint density at radius 2 is 0.725 bits per heavy atom. The number of fused-ring (bicyclic) bond motifs is 8. The monoisotopic (exact) mass is 884 g/mol. The van der Waals surface area contributed by atoms with Crippen molar-refractivity contribution in [3.05, 3.63) is 243 Å². The number of rotatable bonds is 8. The van der Waals surface area contributed by atoms with Gasteiger partial charge in [-0.3, -0.25) is 0 Å². The van der Waals surface area contributed by atoms with Crippen molar-refractivity contribution in [2.45, 2.75) is 0 Å². The fourth-order valence-electron chi connectivity index (χ4n) is 10.6. The second-order valence-electron chi connectivity index (χ2n) is 17.5. The van der Waals surface area contributed by atoms with Crippen molar-refractivity contribution >= 4 is 88.8 Å². The van der Waals surface area contributed by atoms with Crippen molar-refractivity contribution in [3.63, 3.8) is 0 Å². The molecule has 0 atom stereocenters. The molecule has 0 aliphatic carbocycles. The van der Waals surface area contributed by atoms with E-state index < -0.39 is 0 Å². The predicted octanol–water partition coefficient (Wildman–Crippen LogP) is 18.7. The number of benzene rings is 11. The van der Waals surface area contributed by atoms with Crippen LogP contribution in [0.5, 0.6) is 11.5 Å². The number of para-hydroxylation sites is 6. The highest BCUT2D eigenvalue weighted by Crippen LogP contribution is 2.54. The van der Waals surface area contributed by atoms with Gasteiger partial charge >= 0.3 is 0 Å². The molecule has 1 aliphatic rings. The van der Waals surface area contributed by atoms with Gasteiger partial charge in [0.05, 0.1) is 22.7 Å². The highest BCUT2D eigenvalue weighted by Gasteiger charge is 2.28. The third kappa shape index (κ3) is 6.18. The summed E-state index contributed by atoms with van der Waals surface area (Å²) in [5.74, 6) is 1.58. The molecule has 5 nitrogen and oxygen atoms in total. The third-order valence-electron chi connectivity index (χ3n) is 13.6. The number of ether oxygens (including phenoxy) is 1. The van der Waals surface area contributed by atoms with Crippen LogP contribution in [0.25, 0.3) is 88.0 Å². The van der Waals surface area contributed by atoms with Crippen molar-refractivity contribution in [2.24, 2.45) is 0 Å². The first kappa shape index (κ1) is 38.9. The van der Waals surface area contributed by atoms with Gasteiger partial charge in [-0.2, -0.15) is 0 Å². The van der Waals surface area contributed by atoms with Crippen molar-refractivity contribution < 1.29 is 13.6 Å². The average Bonchev–Trinajstić information content (AvgIpc) is 4.00. The topological polar surface area (TPSA) is 42.0 Å². The van der Waals surface area contributed by atoms with Gasteiger partial charge in [0.25, 0.3) is 0 Å². The largest absolute Gasteiger partial charge is 0.456 e. The summed E-state index contributed by atoms with van der Waals surface area (Å²) >= 11 is 0. The van der Waals surface area contributed by atoms with Gasteiger partial charge < -0.3 is 23.4 Å². The maximum Gasteiger partial charge on any atom is 0.159 e. The number of hydrogen-bond acceptors (Lipinski definition) is 5. The fourth-order valence-corrected chi connectivity index (χ4v) is 10.6. The Labute approximate surface area is 397 Å². The molecule has 0 saturated heterocycles. The zero-order chi connectivity index (χ0) is 45.4. The molecule has 0 amide bonds. The second kappa shape index (κ2) is 15.7. The van der Waals surface area contributed by atoms with Crippen LogP contribution in [-0.2, 0) is 0 Å². The van der Waals surface area contributed by atoms with Crippen LogP contribution < -0.4 is 14.5 Å². The van der Waals surface area contributed by atoms with E-state index in [0.29, 0.717) is 0 Å². The van der Waals surface area contributed by atoms with Crippen LogP contribution in [0.4, 0.5) is 34.1 Å². The van der Waals surface area contributed by atoms with E-state index >= 15 is 0 Å². The molecule has 0 unspecified atom stereocenters. The van der Waals surface area contributed by atoms with Crippen molar-refractivity contribution in [2.75, 3.05) is 9.80 Å². The lowest BCUT2D eigenvalue weighted by Crippen LogP contribution is -2.12. The van der Waals surface area contributed by atoms with Gasteiger partial charge in [-0.1, -0.05) is 176 Å². The molecular formula is C64H40N2O3. The SMILES string of the molecule is c1ccc(-c2cccc3c2oc2c(N(c4ccccc4)c4ccc5c(c4)Oc4cccc6c(N(c7ccccc7)c7cccc8c7oc7c(-c9ccccc9)cccc78)ccc-5c46)cccc23)cc1. The summed E-state index contributed by atoms with van der Waals surface area (Å²) < 4.78 is 21.0. The van der Waals surface area contributed by atoms with E-state index in [1.54, 1.807) is 0 Å². The van der Waals surface area contributed by atoms with E-state index in [2.05, 4.69) is 240 Å². The predicted molar refractivity (Wildman–Crippen MR) is 284 cm³/mol. The van der Waals surface area contributed by atoms with Gasteiger partial charge in [-0.25, -0.2) is 0 Å². The summed E-state index contributed by atoms with van der Waals surface area (Å²) in [6.45, 7) is 0. The Kier molecular flexibility index (Phi) is 8.83. The van der Waals surface area contributed by atoms with Gasteiger partial charge in [-0.15, -0.1) is 0 Å². The van der Waals surface area contributed by atoms with Gasteiger partial charge in [0.1, 0.15) is 22.7 Å². The van der Waals surface area contributed by atoms with Crippen LogP contribution >= 0.6 is 0 Å². The first-order valence-corrected chi connectivity index (χ1v) is 23.3. The Morgan fingerprint density at radius 1 is 0.261 bits per heavy atom. The van der Waals surface area contributed by atoms with Crippen LogP contribution in [-0.4, -0.2) is 0 Å². The minimum absolute atomic E-state index is 0.783. The normalized spacial score (nSPS) is 11.9. The van der Waals surface area contributed by atoms with Gasteiger partial charge in [-0.05, 0) is 77.4 Å². The number of nitrogens with zero attached hydrogens (tertiary/aromatic N) is 2. The fraction of sp³-hybridized carbons (Fsp3) is 0. The lowest BCUT2D eigenvalue weighted by Gasteiger charge is -2.30. The Morgan fingerprint density at radius 3 is 1.30 bits per heavy atom. The van der Waals surface area contributed by atoms with E-state index in [-0.39, 0.29) is 0 Å². The maximum absolute atomic E-state index is 7.04. The molecule has 14 rings (SSSR count). The lowest BCUT2D eigenvalue weighted by atomic mass is 9.93. The summed E-state index contributed by atoms with van der Waals surface area (Å²) in [4.78, 5) is 4.60. The molecule has 5 heteroatoms. The zero-order valence-corrected chi connectivity index (χ0v) is 37.2.